The Hall–Kier alpha value is -3.19. The maximum Gasteiger partial charge on any atom is 0.269 e. The fourth-order valence-corrected chi connectivity index (χ4v) is 3.81. The minimum Gasteiger partial charge on any atom is -0.507 e. The third kappa shape index (κ3) is 4.00. The van der Waals surface area contributed by atoms with Crippen LogP contribution in [0.5, 0.6) is 11.5 Å². The molecule has 2 aliphatic heterocycles. The lowest BCUT2D eigenvalue weighted by atomic mass is 10.0. The molecule has 150 valence electrons. The minimum absolute atomic E-state index is 0.0150. The van der Waals surface area contributed by atoms with Crippen molar-refractivity contribution in [2.24, 2.45) is 0 Å². The van der Waals surface area contributed by atoms with Gasteiger partial charge in [0.05, 0.1) is 16.1 Å². The topological polar surface area (TPSA) is 92.9 Å². The molecular formula is C22H22N2O5. The Morgan fingerprint density at radius 1 is 1.07 bits per heavy atom. The van der Waals surface area contributed by atoms with Crippen molar-refractivity contribution in [1.29, 1.82) is 0 Å². The Kier molecular flexibility index (Phi) is 5.31. The number of phenols is 1. The Bertz CT molecular complexity index is 973. The van der Waals surface area contributed by atoms with Crippen molar-refractivity contribution in [3.63, 3.8) is 0 Å². The quantitative estimate of drug-likeness (QED) is 0.472. The SMILES string of the molecule is O=C1C(=Cc2ccc([N+](=O)[O-])cc2)Oc2c1ccc(O)c2CN1CCCCCC1. The van der Waals surface area contributed by atoms with Gasteiger partial charge in [0.25, 0.3) is 5.69 Å². The number of hydrogen-bond donors (Lipinski definition) is 1. The molecule has 0 aromatic heterocycles. The first-order chi connectivity index (χ1) is 14.0. The Labute approximate surface area is 168 Å². The van der Waals surface area contributed by atoms with E-state index in [0.717, 1.165) is 25.9 Å². The van der Waals surface area contributed by atoms with Crippen molar-refractivity contribution in [3.05, 3.63) is 69.0 Å². The molecule has 29 heavy (non-hydrogen) atoms. The number of phenolic OH excluding ortho intramolecular Hbond substituents is 1. The number of carbonyl (C=O) groups excluding carboxylic acids is 1. The summed E-state index contributed by atoms with van der Waals surface area (Å²) in [6, 6.07) is 9.03. The minimum atomic E-state index is -0.470. The molecule has 1 saturated heterocycles. The van der Waals surface area contributed by atoms with Gasteiger partial charge in [-0.3, -0.25) is 19.8 Å². The number of fused-ring (bicyclic) bond motifs is 1. The van der Waals surface area contributed by atoms with E-state index in [2.05, 4.69) is 4.90 Å². The van der Waals surface area contributed by atoms with Gasteiger partial charge in [0.15, 0.2) is 5.76 Å². The van der Waals surface area contributed by atoms with E-state index in [1.807, 2.05) is 0 Å². The molecule has 0 bridgehead atoms. The van der Waals surface area contributed by atoms with Crippen molar-refractivity contribution in [3.8, 4) is 11.5 Å². The van der Waals surface area contributed by atoms with Gasteiger partial charge in [-0.2, -0.15) is 0 Å². The summed E-state index contributed by atoms with van der Waals surface area (Å²) in [7, 11) is 0. The largest absolute Gasteiger partial charge is 0.507 e. The number of nitro groups is 1. The molecule has 7 heteroatoms. The zero-order valence-electron chi connectivity index (χ0n) is 16.0. The highest BCUT2D eigenvalue weighted by atomic mass is 16.6. The van der Waals surface area contributed by atoms with Crippen molar-refractivity contribution in [2.45, 2.75) is 32.2 Å². The number of Topliss-reactive ketones (excluding diaryl/α,β-unsaturated/α-hetero) is 1. The molecule has 0 aliphatic carbocycles. The fraction of sp³-hybridized carbons (Fsp3) is 0.318. The Balaban J connectivity index is 1.61. The van der Waals surface area contributed by atoms with Gasteiger partial charge < -0.3 is 9.84 Å². The molecule has 2 aliphatic rings. The van der Waals surface area contributed by atoms with Crippen LogP contribution in [-0.4, -0.2) is 33.8 Å². The van der Waals surface area contributed by atoms with E-state index in [1.165, 1.54) is 25.0 Å². The molecule has 0 radical (unpaired) electrons. The van der Waals surface area contributed by atoms with Crippen LogP contribution in [0, 0.1) is 10.1 Å². The standard InChI is InChI=1S/C22H22N2O5/c25-19-10-9-17-21(26)20(13-15-5-7-16(8-6-15)24(27)28)29-22(17)18(19)14-23-11-3-1-2-4-12-23/h5-10,13,25H,1-4,11-12,14H2. The van der Waals surface area contributed by atoms with E-state index >= 15 is 0 Å². The molecule has 1 fully saturated rings. The molecule has 0 saturated carbocycles. The number of ether oxygens (including phenoxy) is 1. The van der Waals surface area contributed by atoms with E-state index in [4.69, 9.17) is 4.74 Å². The second-order valence-corrected chi connectivity index (χ2v) is 7.42. The fourth-order valence-electron chi connectivity index (χ4n) is 3.81. The van der Waals surface area contributed by atoms with Crippen LogP contribution in [-0.2, 0) is 6.54 Å². The number of nitrogens with zero attached hydrogens (tertiary/aromatic N) is 2. The number of non-ortho nitro benzene ring substituents is 1. The third-order valence-electron chi connectivity index (χ3n) is 5.40. The van der Waals surface area contributed by atoms with Crippen LogP contribution in [0.2, 0.25) is 0 Å². The molecule has 1 N–H and O–H groups in total. The van der Waals surface area contributed by atoms with Gasteiger partial charge in [-0.15, -0.1) is 0 Å². The number of likely N-dealkylation sites (tertiary alicyclic amines) is 1. The summed E-state index contributed by atoms with van der Waals surface area (Å²) < 4.78 is 5.88. The Morgan fingerprint density at radius 3 is 2.41 bits per heavy atom. The molecule has 0 unspecified atom stereocenters. The number of aromatic hydroxyl groups is 1. The second-order valence-electron chi connectivity index (χ2n) is 7.42. The number of allylic oxidation sites excluding steroid dienone is 1. The van der Waals surface area contributed by atoms with Crippen LogP contribution >= 0.6 is 0 Å². The van der Waals surface area contributed by atoms with E-state index in [9.17, 15) is 20.0 Å². The maximum absolute atomic E-state index is 12.8. The summed E-state index contributed by atoms with van der Waals surface area (Å²) in [6.45, 7) is 2.46. The first-order valence-corrected chi connectivity index (χ1v) is 9.79. The molecule has 4 rings (SSSR count). The van der Waals surface area contributed by atoms with E-state index < -0.39 is 4.92 Å². The predicted octanol–water partition coefficient (Wildman–Crippen LogP) is 4.29. The summed E-state index contributed by atoms with van der Waals surface area (Å²) >= 11 is 0. The van der Waals surface area contributed by atoms with Gasteiger partial charge in [-0.25, -0.2) is 0 Å². The molecule has 0 spiro atoms. The van der Waals surface area contributed by atoms with Crippen molar-refractivity contribution < 1.29 is 19.6 Å². The summed E-state index contributed by atoms with van der Waals surface area (Å²) in [5.74, 6) is 0.428. The van der Waals surface area contributed by atoms with Gasteiger partial charge in [-0.05, 0) is 61.8 Å². The van der Waals surface area contributed by atoms with Crippen LogP contribution in [0.4, 0.5) is 5.69 Å². The average molecular weight is 394 g/mol. The third-order valence-corrected chi connectivity index (χ3v) is 5.40. The monoisotopic (exact) mass is 394 g/mol. The number of nitro benzene ring substituents is 1. The molecule has 2 aromatic carbocycles. The van der Waals surface area contributed by atoms with Gasteiger partial charge in [0, 0.05) is 18.7 Å². The smallest absolute Gasteiger partial charge is 0.269 e. The first kappa shape index (κ1) is 19.1. The molecule has 2 aromatic rings. The zero-order valence-corrected chi connectivity index (χ0v) is 16.0. The number of benzene rings is 2. The number of hydrogen-bond acceptors (Lipinski definition) is 6. The Morgan fingerprint density at radius 2 is 1.76 bits per heavy atom. The second kappa shape index (κ2) is 8.05. The molecule has 7 nitrogen and oxygen atoms in total. The molecule has 0 atom stereocenters. The van der Waals surface area contributed by atoms with Crippen LogP contribution in [0.1, 0.15) is 47.2 Å². The van der Waals surface area contributed by atoms with Crippen LogP contribution in [0.25, 0.3) is 6.08 Å². The van der Waals surface area contributed by atoms with E-state index in [1.54, 1.807) is 30.3 Å². The molecular weight excluding hydrogens is 372 g/mol. The summed E-state index contributed by atoms with van der Waals surface area (Å²) in [5, 5.41) is 21.2. The lowest BCUT2D eigenvalue weighted by molar-refractivity contribution is -0.384. The highest BCUT2D eigenvalue weighted by Crippen LogP contribution is 2.40. The van der Waals surface area contributed by atoms with Crippen LogP contribution in [0.3, 0.4) is 0 Å². The van der Waals surface area contributed by atoms with Crippen LogP contribution < -0.4 is 4.74 Å². The normalized spacial score (nSPS) is 18.3. The lowest BCUT2D eigenvalue weighted by Gasteiger charge is -2.21. The molecule has 2 heterocycles. The highest BCUT2D eigenvalue weighted by Gasteiger charge is 2.31. The summed E-state index contributed by atoms with van der Waals surface area (Å²) in [4.78, 5) is 25.4. The van der Waals surface area contributed by atoms with Gasteiger partial charge in [0.2, 0.25) is 5.78 Å². The summed E-state index contributed by atoms with van der Waals surface area (Å²) in [6.07, 6.45) is 6.25. The first-order valence-electron chi connectivity index (χ1n) is 9.79. The number of rotatable bonds is 4. The van der Waals surface area contributed by atoms with Gasteiger partial charge >= 0.3 is 0 Å². The van der Waals surface area contributed by atoms with Crippen molar-refractivity contribution >= 4 is 17.5 Å². The van der Waals surface area contributed by atoms with Gasteiger partial charge in [0.1, 0.15) is 11.5 Å². The van der Waals surface area contributed by atoms with Crippen molar-refractivity contribution in [2.75, 3.05) is 13.1 Å². The average Bonchev–Trinajstić information content (AvgIpc) is 2.87. The van der Waals surface area contributed by atoms with E-state index in [0.29, 0.717) is 29.0 Å². The number of ketones is 1. The maximum atomic E-state index is 12.8. The highest BCUT2D eigenvalue weighted by molar-refractivity contribution is 6.15. The zero-order chi connectivity index (χ0) is 20.4. The lowest BCUT2D eigenvalue weighted by Crippen LogP contribution is -2.24. The van der Waals surface area contributed by atoms with E-state index in [-0.39, 0.29) is 23.0 Å². The summed E-state index contributed by atoms with van der Waals surface area (Å²) in [5.41, 5.74) is 1.68. The number of carbonyl (C=O) groups is 1. The molecule has 0 amide bonds. The van der Waals surface area contributed by atoms with Crippen LogP contribution in [0.15, 0.2) is 42.2 Å². The predicted molar refractivity (Wildman–Crippen MR) is 108 cm³/mol. The van der Waals surface area contributed by atoms with Gasteiger partial charge in [-0.1, -0.05) is 12.8 Å². The van der Waals surface area contributed by atoms with Crippen molar-refractivity contribution in [1.82, 2.24) is 4.90 Å².